The highest BCUT2D eigenvalue weighted by molar-refractivity contribution is 7.10. The topological polar surface area (TPSA) is 78.4 Å². The Balaban J connectivity index is 2.63. The van der Waals surface area contributed by atoms with E-state index in [2.05, 4.69) is 22.5 Å². The number of nitrogens with one attached hydrogen (secondary N) is 2. The summed E-state index contributed by atoms with van der Waals surface area (Å²) in [5.74, 6) is 4.71. The van der Waals surface area contributed by atoms with Crippen LogP contribution in [0.15, 0.2) is 11.4 Å². The molecule has 102 valence electrons. The monoisotopic (exact) mass is 280 g/mol. The molecule has 0 spiro atoms. The van der Waals surface area contributed by atoms with Gasteiger partial charge >= 0.3 is 0 Å². The second-order valence-corrected chi connectivity index (χ2v) is 4.66. The molecule has 0 aliphatic heterocycles. The molecule has 1 unspecified atom stereocenters. The number of likely N-dealkylation sites (N-methyl/N-ethyl adjacent to an activating group) is 1. The van der Waals surface area contributed by atoms with E-state index in [1.807, 2.05) is 6.92 Å². The molecular weight excluding hydrogens is 264 g/mol. The fraction of sp³-hybridized carbons (Fsp3) is 0.385. The number of aliphatic hydroxyl groups excluding tert-OH is 1. The van der Waals surface area contributed by atoms with Crippen molar-refractivity contribution in [2.75, 3.05) is 13.2 Å². The summed E-state index contributed by atoms with van der Waals surface area (Å²) >= 11 is 1.32. The average molecular weight is 280 g/mol. The quantitative estimate of drug-likeness (QED) is 0.696. The van der Waals surface area contributed by atoms with Crippen LogP contribution < -0.4 is 10.6 Å². The van der Waals surface area contributed by atoms with Crippen LogP contribution in [0.4, 0.5) is 0 Å². The number of hydrogen-bond acceptors (Lipinski definition) is 4. The molecule has 3 N–H and O–H groups in total. The Morgan fingerprint density at radius 2 is 2.26 bits per heavy atom. The van der Waals surface area contributed by atoms with Gasteiger partial charge in [-0.1, -0.05) is 11.8 Å². The molecule has 6 heteroatoms. The van der Waals surface area contributed by atoms with Crippen LogP contribution in [0.2, 0.25) is 0 Å². The van der Waals surface area contributed by atoms with Crippen LogP contribution in [0, 0.1) is 11.8 Å². The third kappa shape index (κ3) is 4.73. The maximum atomic E-state index is 11.9. The number of carbonyl (C=O) groups excluding carboxylic acids is 2. The van der Waals surface area contributed by atoms with Crippen molar-refractivity contribution in [2.24, 2.45) is 0 Å². The third-order valence-electron chi connectivity index (χ3n) is 2.24. The standard InChI is InChI=1S/C13H16N2O3S/c1-3-14-12(17)9(2)15-13(18)10-7-11(19-8-10)5-4-6-16/h7-9,16H,3,6H2,1-2H3,(H,14,17)(H,15,18). The van der Waals surface area contributed by atoms with Crippen LogP contribution in [0.25, 0.3) is 0 Å². The highest BCUT2D eigenvalue weighted by Gasteiger charge is 2.16. The maximum absolute atomic E-state index is 11.9. The smallest absolute Gasteiger partial charge is 0.252 e. The normalized spacial score (nSPS) is 11.1. The Morgan fingerprint density at radius 3 is 2.89 bits per heavy atom. The van der Waals surface area contributed by atoms with Crippen molar-refractivity contribution in [3.8, 4) is 11.8 Å². The number of hydrogen-bond donors (Lipinski definition) is 3. The largest absolute Gasteiger partial charge is 0.384 e. The zero-order valence-electron chi connectivity index (χ0n) is 10.8. The molecule has 0 saturated heterocycles. The van der Waals surface area contributed by atoms with E-state index in [4.69, 9.17) is 5.11 Å². The van der Waals surface area contributed by atoms with Gasteiger partial charge in [0, 0.05) is 11.9 Å². The number of thiophene rings is 1. The van der Waals surface area contributed by atoms with Gasteiger partial charge < -0.3 is 15.7 Å². The van der Waals surface area contributed by atoms with Gasteiger partial charge in [0.2, 0.25) is 5.91 Å². The lowest BCUT2D eigenvalue weighted by Crippen LogP contribution is -2.44. The molecule has 5 nitrogen and oxygen atoms in total. The first-order valence-electron chi connectivity index (χ1n) is 5.85. The molecule has 2 amide bonds. The predicted octanol–water partition coefficient (Wildman–Crippen LogP) is 0.346. The highest BCUT2D eigenvalue weighted by Crippen LogP contribution is 2.13. The van der Waals surface area contributed by atoms with Gasteiger partial charge in [-0.25, -0.2) is 0 Å². The number of carbonyl (C=O) groups is 2. The molecule has 1 atom stereocenters. The van der Waals surface area contributed by atoms with Crippen LogP contribution in [0.3, 0.4) is 0 Å². The minimum atomic E-state index is -0.584. The minimum Gasteiger partial charge on any atom is -0.384 e. The van der Waals surface area contributed by atoms with Gasteiger partial charge in [0.15, 0.2) is 0 Å². The second-order valence-electron chi connectivity index (χ2n) is 3.75. The lowest BCUT2D eigenvalue weighted by molar-refractivity contribution is -0.122. The Kier molecular flexibility index (Phi) is 6.06. The van der Waals surface area contributed by atoms with E-state index in [1.165, 1.54) is 11.3 Å². The lowest BCUT2D eigenvalue weighted by Gasteiger charge is -2.12. The van der Waals surface area contributed by atoms with Crippen molar-refractivity contribution in [1.29, 1.82) is 0 Å². The Labute approximate surface area is 116 Å². The maximum Gasteiger partial charge on any atom is 0.252 e. The summed E-state index contributed by atoms with van der Waals surface area (Å²) in [4.78, 5) is 24.1. The van der Waals surface area contributed by atoms with E-state index in [-0.39, 0.29) is 18.4 Å². The molecule has 0 aliphatic rings. The Morgan fingerprint density at radius 1 is 1.53 bits per heavy atom. The molecule has 0 bridgehead atoms. The van der Waals surface area contributed by atoms with Gasteiger partial charge in [-0.05, 0) is 19.9 Å². The molecule has 1 rings (SSSR count). The molecule has 19 heavy (non-hydrogen) atoms. The first-order chi connectivity index (χ1) is 9.08. The van der Waals surface area contributed by atoms with E-state index in [9.17, 15) is 9.59 Å². The van der Waals surface area contributed by atoms with E-state index < -0.39 is 6.04 Å². The van der Waals surface area contributed by atoms with Gasteiger partial charge in [0.1, 0.15) is 12.6 Å². The SMILES string of the molecule is CCNC(=O)C(C)NC(=O)c1csc(C#CCO)c1. The van der Waals surface area contributed by atoms with Crippen LogP contribution in [0.1, 0.15) is 29.1 Å². The molecule has 1 aromatic heterocycles. The first kappa shape index (κ1) is 15.2. The zero-order chi connectivity index (χ0) is 14.3. The van der Waals surface area contributed by atoms with Crippen molar-refractivity contribution in [3.05, 3.63) is 21.9 Å². The molecule has 0 aromatic carbocycles. The molecule has 0 saturated carbocycles. The zero-order valence-corrected chi connectivity index (χ0v) is 11.6. The Bertz CT molecular complexity index is 513. The van der Waals surface area contributed by atoms with Crippen LogP contribution >= 0.6 is 11.3 Å². The third-order valence-corrected chi connectivity index (χ3v) is 3.09. The van der Waals surface area contributed by atoms with Gasteiger partial charge in [-0.3, -0.25) is 9.59 Å². The molecule has 0 fully saturated rings. The van der Waals surface area contributed by atoms with E-state index in [1.54, 1.807) is 18.4 Å². The summed E-state index contributed by atoms with van der Waals surface area (Å²) in [6, 6.07) is 1.05. The predicted molar refractivity (Wildman–Crippen MR) is 73.9 cm³/mol. The number of rotatable bonds is 4. The lowest BCUT2D eigenvalue weighted by atomic mass is 10.2. The summed E-state index contributed by atoms with van der Waals surface area (Å²) in [6.45, 7) is 3.76. The molecule has 0 aliphatic carbocycles. The van der Waals surface area contributed by atoms with Gasteiger partial charge in [-0.15, -0.1) is 11.3 Å². The van der Waals surface area contributed by atoms with Crippen LogP contribution in [0.5, 0.6) is 0 Å². The molecule has 1 aromatic rings. The van der Waals surface area contributed by atoms with Crippen molar-refractivity contribution >= 4 is 23.2 Å². The van der Waals surface area contributed by atoms with Crippen molar-refractivity contribution in [3.63, 3.8) is 0 Å². The van der Waals surface area contributed by atoms with Gasteiger partial charge in [0.25, 0.3) is 5.91 Å². The first-order valence-corrected chi connectivity index (χ1v) is 6.73. The van der Waals surface area contributed by atoms with E-state index in [0.717, 1.165) is 0 Å². The number of amides is 2. The summed E-state index contributed by atoms with van der Waals surface area (Å²) in [5, 5.41) is 15.5. The highest BCUT2D eigenvalue weighted by atomic mass is 32.1. The summed E-state index contributed by atoms with van der Waals surface area (Å²) in [6.07, 6.45) is 0. The second kappa shape index (κ2) is 7.56. The molecular formula is C13H16N2O3S. The summed E-state index contributed by atoms with van der Waals surface area (Å²) < 4.78 is 0. The van der Waals surface area contributed by atoms with Crippen molar-refractivity contribution in [2.45, 2.75) is 19.9 Å². The molecule has 1 heterocycles. The number of aliphatic hydroxyl groups is 1. The Hall–Kier alpha value is -1.84. The van der Waals surface area contributed by atoms with Gasteiger partial charge in [-0.2, -0.15) is 0 Å². The van der Waals surface area contributed by atoms with Crippen LogP contribution in [-0.4, -0.2) is 36.1 Å². The van der Waals surface area contributed by atoms with Crippen LogP contribution in [-0.2, 0) is 4.79 Å². The fourth-order valence-corrected chi connectivity index (χ4v) is 2.08. The summed E-state index contributed by atoms with van der Waals surface area (Å²) in [7, 11) is 0. The van der Waals surface area contributed by atoms with E-state index in [0.29, 0.717) is 17.0 Å². The van der Waals surface area contributed by atoms with Crippen molar-refractivity contribution < 1.29 is 14.7 Å². The minimum absolute atomic E-state index is 0.215. The van der Waals surface area contributed by atoms with Crippen molar-refractivity contribution in [1.82, 2.24) is 10.6 Å². The fourth-order valence-electron chi connectivity index (χ4n) is 1.32. The van der Waals surface area contributed by atoms with Gasteiger partial charge in [0.05, 0.1) is 10.4 Å². The molecule has 0 radical (unpaired) electrons. The van der Waals surface area contributed by atoms with E-state index >= 15 is 0 Å². The average Bonchev–Trinajstić information content (AvgIpc) is 2.85. The summed E-state index contributed by atoms with van der Waals surface area (Å²) in [5.41, 5.74) is 0.461.